The van der Waals surface area contributed by atoms with Gasteiger partial charge in [0.05, 0.1) is 35.0 Å². The number of amides is 1. The van der Waals surface area contributed by atoms with Gasteiger partial charge in [0.25, 0.3) is 11.5 Å². The molecule has 1 fully saturated rings. The van der Waals surface area contributed by atoms with Gasteiger partial charge in [0, 0.05) is 17.8 Å². The Morgan fingerprint density at radius 2 is 2.25 bits per heavy atom. The number of thiazole rings is 1. The normalized spacial score (nSPS) is 20.3. The van der Waals surface area contributed by atoms with Crippen molar-refractivity contribution in [2.45, 2.75) is 12.1 Å². The van der Waals surface area contributed by atoms with Crippen molar-refractivity contribution in [1.82, 2.24) is 20.1 Å². The van der Waals surface area contributed by atoms with Crippen molar-refractivity contribution in [1.29, 1.82) is 0 Å². The van der Waals surface area contributed by atoms with Crippen LogP contribution in [0, 0.1) is 0 Å². The Morgan fingerprint density at radius 3 is 3.12 bits per heavy atom. The summed E-state index contributed by atoms with van der Waals surface area (Å²) >= 11 is 1.49. The molecule has 8 heteroatoms. The Bertz CT molecular complexity index is 951. The maximum absolute atomic E-state index is 12.5. The Kier molecular flexibility index (Phi) is 3.83. The Hall–Kier alpha value is -2.58. The first-order valence-corrected chi connectivity index (χ1v) is 8.36. The summed E-state index contributed by atoms with van der Waals surface area (Å²) in [6.07, 6.45) is 1.55. The van der Waals surface area contributed by atoms with Crippen LogP contribution in [0.2, 0.25) is 0 Å². The van der Waals surface area contributed by atoms with Gasteiger partial charge >= 0.3 is 0 Å². The maximum atomic E-state index is 12.5. The summed E-state index contributed by atoms with van der Waals surface area (Å²) in [5.41, 5.74) is 2.98. The summed E-state index contributed by atoms with van der Waals surface area (Å²) in [6, 6.07) is 7.81. The van der Waals surface area contributed by atoms with Crippen LogP contribution in [0.4, 0.5) is 0 Å². The van der Waals surface area contributed by atoms with Gasteiger partial charge in [-0.15, -0.1) is 11.3 Å². The van der Waals surface area contributed by atoms with Crippen molar-refractivity contribution in [3.63, 3.8) is 0 Å². The lowest BCUT2D eigenvalue weighted by atomic mass is 10.1. The second kappa shape index (κ2) is 6.14. The first kappa shape index (κ1) is 15.0. The van der Waals surface area contributed by atoms with Crippen LogP contribution >= 0.6 is 11.3 Å². The number of carbonyl (C=O) groups is 1. The number of nitrogens with one attached hydrogen (secondary N) is 1. The molecule has 0 bridgehead atoms. The lowest BCUT2D eigenvalue weighted by Crippen LogP contribution is -2.43. The zero-order valence-electron chi connectivity index (χ0n) is 12.6. The average Bonchev–Trinajstić information content (AvgIpc) is 3.23. The van der Waals surface area contributed by atoms with E-state index in [4.69, 9.17) is 4.74 Å². The predicted octanol–water partition coefficient (Wildman–Crippen LogP) is 1.22. The van der Waals surface area contributed by atoms with Crippen LogP contribution in [0.3, 0.4) is 0 Å². The quantitative estimate of drug-likeness (QED) is 0.773. The molecule has 7 nitrogen and oxygen atoms in total. The third kappa shape index (κ3) is 2.70. The molecule has 24 heavy (non-hydrogen) atoms. The highest BCUT2D eigenvalue weighted by atomic mass is 32.1. The molecule has 122 valence electrons. The van der Waals surface area contributed by atoms with Crippen LogP contribution < -0.4 is 10.9 Å². The Morgan fingerprint density at radius 1 is 1.33 bits per heavy atom. The second-order valence-corrected chi connectivity index (χ2v) is 6.41. The highest BCUT2D eigenvalue weighted by Crippen LogP contribution is 2.21. The monoisotopic (exact) mass is 342 g/mol. The van der Waals surface area contributed by atoms with E-state index >= 15 is 0 Å². The number of ether oxygens (including phenoxy) is 1. The molecule has 0 saturated carbocycles. The maximum Gasteiger partial charge on any atom is 0.267 e. The Labute approximate surface area is 140 Å². The topological polar surface area (TPSA) is 86.1 Å². The Balaban J connectivity index is 1.56. The van der Waals surface area contributed by atoms with Crippen LogP contribution in [0.5, 0.6) is 0 Å². The van der Waals surface area contributed by atoms with Gasteiger partial charge in [-0.25, -0.2) is 9.67 Å². The molecule has 1 aromatic carbocycles. The van der Waals surface area contributed by atoms with Gasteiger partial charge in [-0.1, -0.05) is 0 Å². The van der Waals surface area contributed by atoms with Crippen LogP contribution in [0.25, 0.3) is 10.2 Å². The van der Waals surface area contributed by atoms with Gasteiger partial charge in [-0.3, -0.25) is 9.59 Å². The standard InChI is InChI=1S/C16H14N4O3S/c21-15-2-1-5-18-20(15)13-8-23-7-12(13)19-16(22)10-3-4-11-14(6-10)24-9-17-11/h1-6,9,12-13H,7-8H2,(H,19,22). The molecule has 0 radical (unpaired) electrons. The molecule has 4 rings (SSSR count). The molecule has 3 aromatic rings. The van der Waals surface area contributed by atoms with Crippen LogP contribution in [-0.2, 0) is 4.74 Å². The van der Waals surface area contributed by atoms with E-state index in [2.05, 4.69) is 15.4 Å². The van der Waals surface area contributed by atoms with E-state index in [0.29, 0.717) is 18.8 Å². The van der Waals surface area contributed by atoms with Crippen molar-refractivity contribution in [2.75, 3.05) is 13.2 Å². The molecule has 2 aromatic heterocycles. The molecule has 1 saturated heterocycles. The van der Waals surface area contributed by atoms with E-state index in [-0.39, 0.29) is 23.6 Å². The fourth-order valence-electron chi connectivity index (χ4n) is 2.79. The van der Waals surface area contributed by atoms with Gasteiger partial charge < -0.3 is 10.1 Å². The fraction of sp³-hybridized carbons (Fsp3) is 0.250. The summed E-state index contributed by atoms with van der Waals surface area (Å²) in [7, 11) is 0. The van der Waals surface area contributed by atoms with Gasteiger partial charge in [0.15, 0.2) is 0 Å². The number of carbonyl (C=O) groups excluding carboxylic acids is 1. The van der Waals surface area contributed by atoms with E-state index in [0.717, 1.165) is 10.2 Å². The largest absolute Gasteiger partial charge is 0.377 e. The van der Waals surface area contributed by atoms with Gasteiger partial charge in [0.1, 0.15) is 6.04 Å². The lowest BCUT2D eigenvalue weighted by molar-refractivity contribution is 0.0925. The predicted molar refractivity (Wildman–Crippen MR) is 89.2 cm³/mol. The highest BCUT2D eigenvalue weighted by Gasteiger charge is 2.32. The average molecular weight is 342 g/mol. The molecule has 0 aliphatic carbocycles. The van der Waals surface area contributed by atoms with E-state index in [1.165, 1.54) is 22.1 Å². The minimum Gasteiger partial charge on any atom is -0.377 e. The molecular formula is C16H14N4O3S. The molecule has 1 aliphatic heterocycles. The van der Waals surface area contributed by atoms with Gasteiger partial charge in [-0.2, -0.15) is 5.10 Å². The van der Waals surface area contributed by atoms with Crippen LogP contribution in [0.15, 0.2) is 46.8 Å². The smallest absolute Gasteiger partial charge is 0.267 e. The number of hydrogen-bond acceptors (Lipinski definition) is 6. The SMILES string of the molecule is O=C(NC1COCC1n1ncccc1=O)c1ccc2ncsc2c1. The fourth-order valence-corrected chi connectivity index (χ4v) is 3.50. The molecule has 1 aliphatic rings. The molecule has 2 unspecified atom stereocenters. The number of benzene rings is 1. The van der Waals surface area contributed by atoms with Crippen LogP contribution in [-0.4, -0.2) is 39.9 Å². The molecule has 1 N–H and O–H groups in total. The van der Waals surface area contributed by atoms with E-state index < -0.39 is 0 Å². The molecule has 3 heterocycles. The van der Waals surface area contributed by atoms with E-state index in [1.807, 2.05) is 12.1 Å². The molecule has 1 amide bonds. The molecule has 2 atom stereocenters. The minimum absolute atomic E-state index is 0.199. The van der Waals surface area contributed by atoms with E-state index in [1.54, 1.807) is 23.8 Å². The van der Waals surface area contributed by atoms with Crippen molar-refractivity contribution >= 4 is 27.5 Å². The number of nitrogens with zero attached hydrogens (tertiary/aromatic N) is 3. The van der Waals surface area contributed by atoms with Gasteiger partial charge in [-0.05, 0) is 24.3 Å². The zero-order chi connectivity index (χ0) is 16.5. The van der Waals surface area contributed by atoms with Gasteiger partial charge in [0.2, 0.25) is 0 Å². The molecular weight excluding hydrogens is 328 g/mol. The van der Waals surface area contributed by atoms with Crippen molar-refractivity contribution in [2.24, 2.45) is 0 Å². The number of aromatic nitrogens is 3. The van der Waals surface area contributed by atoms with E-state index in [9.17, 15) is 9.59 Å². The summed E-state index contributed by atoms with van der Waals surface area (Å²) in [6.45, 7) is 0.692. The summed E-state index contributed by atoms with van der Waals surface area (Å²) in [5.74, 6) is -0.199. The van der Waals surface area contributed by atoms with Crippen molar-refractivity contribution < 1.29 is 9.53 Å². The third-order valence-corrected chi connectivity index (χ3v) is 4.81. The first-order chi connectivity index (χ1) is 11.7. The first-order valence-electron chi connectivity index (χ1n) is 7.48. The minimum atomic E-state index is -0.310. The summed E-state index contributed by atoms with van der Waals surface area (Å²) < 4.78 is 7.78. The highest BCUT2D eigenvalue weighted by molar-refractivity contribution is 7.16. The second-order valence-electron chi connectivity index (χ2n) is 5.53. The number of rotatable bonds is 3. The van der Waals surface area contributed by atoms with Crippen molar-refractivity contribution in [3.05, 3.63) is 58.0 Å². The number of hydrogen-bond donors (Lipinski definition) is 1. The lowest BCUT2D eigenvalue weighted by Gasteiger charge is -2.20. The third-order valence-electron chi connectivity index (χ3n) is 4.02. The summed E-state index contributed by atoms with van der Waals surface area (Å²) in [4.78, 5) is 28.7. The van der Waals surface area contributed by atoms with Crippen LogP contribution in [0.1, 0.15) is 16.4 Å². The van der Waals surface area contributed by atoms with Crippen molar-refractivity contribution in [3.8, 4) is 0 Å². The number of fused-ring (bicyclic) bond motifs is 1. The summed E-state index contributed by atoms with van der Waals surface area (Å²) in [5, 5.41) is 7.04. The zero-order valence-corrected chi connectivity index (χ0v) is 13.4. The molecule has 0 spiro atoms.